The second-order valence-corrected chi connectivity index (χ2v) is 5.39. The first-order valence-corrected chi connectivity index (χ1v) is 6.78. The van der Waals surface area contributed by atoms with E-state index in [0.717, 1.165) is 19.3 Å². The number of halogens is 1. The molecule has 1 rings (SSSR count). The minimum absolute atomic E-state index is 0.541. The summed E-state index contributed by atoms with van der Waals surface area (Å²) in [6, 6.07) is 5.11. The van der Waals surface area contributed by atoms with Crippen LogP contribution in [0.4, 0.5) is 5.69 Å². The highest BCUT2D eigenvalue weighted by Crippen LogP contribution is 2.22. The van der Waals surface area contributed by atoms with Crippen molar-refractivity contribution in [3.05, 3.63) is 23.2 Å². The number of hydrogen-bond acceptors (Lipinski definition) is 2. The fraction of sp³-hybridized carbons (Fsp3) is 0.455. The Balaban J connectivity index is 2.68. The average molecular weight is 246 g/mol. The van der Waals surface area contributed by atoms with Gasteiger partial charge in [-0.25, -0.2) is 0 Å². The lowest BCUT2D eigenvalue weighted by molar-refractivity contribution is 0.676. The van der Waals surface area contributed by atoms with E-state index in [4.69, 9.17) is 17.3 Å². The lowest BCUT2D eigenvalue weighted by Gasteiger charge is -2.05. The van der Waals surface area contributed by atoms with Crippen molar-refractivity contribution in [2.75, 3.05) is 11.5 Å². The lowest BCUT2D eigenvalue weighted by atomic mass is 10.3. The van der Waals surface area contributed by atoms with Gasteiger partial charge in [0.05, 0.1) is 20.7 Å². The van der Waals surface area contributed by atoms with Crippen molar-refractivity contribution in [3.8, 4) is 0 Å². The molecule has 0 radical (unpaired) electrons. The molecule has 1 aromatic rings. The monoisotopic (exact) mass is 245 g/mol. The van der Waals surface area contributed by atoms with E-state index < -0.39 is 10.8 Å². The van der Waals surface area contributed by atoms with Crippen LogP contribution < -0.4 is 5.73 Å². The van der Waals surface area contributed by atoms with Crippen LogP contribution in [0.5, 0.6) is 0 Å². The normalized spacial score (nSPS) is 12.7. The minimum Gasteiger partial charge on any atom is -0.399 e. The van der Waals surface area contributed by atoms with Crippen LogP contribution >= 0.6 is 11.6 Å². The number of rotatable bonds is 5. The van der Waals surface area contributed by atoms with Gasteiger partial charge in [0.25, 0.3) is 0 Å². The molecular weight excluding hydrogens is 230 g/mol. The van der Waals surface area contributed by atoms with Crippen LogP contribution in [0.1, 0.15) is 26.2 Å². The van der Waals surface area contributed by atoms with Crippen molar-refractivity contribution < 1.29 is 4.21 Å². The SMILES string of the molecule is CCCCCS(=O)c1cc(N)ccc1Cl. The number of nitrogens with two attached hydrogens (primary N) is 1. The van der Waals surface area contributed by atoms with Gasteiger partial charge < -0.3 is 5.73 Å². The quantitative estimate of drug-likeness (QED) is 0.639. The number of hydrogen-bond donors (Lipinski definition) is 1. The molecule has 15 heavy (non-hydrogen) atoms. The Bertz CT molecular complexity index is 354. The van der Waals surface area contributed by atoms with Gasteiger partial charge in [0.15, 0.2) is 0 Å². The van der Waals surface area contributed by atoms with E-state index in [0.29, 0.717) is 21.4 Å². The summed E-state index contributed by atoms with van der Waals surface area (Å²) in [6.45, 7) is 2.12. The molecule has 2 nitrogen and oxygen atoms in total. The van der Waals surface area contributed by atoms with Crippen LogP contribution in [-0.2, 0) is 10.8 Å². The van der Waals surface area contributed by atoms with Crippen LogP contribution in [0.15, 0.2) is 23.1 Å². The molecule has 0 amide bonds. The van der Waals surface area contributed by atoms with Gasteiger partial charge in [-0.1, -0.05) is 31.4 Å². The summed E-state index contributed by atoms with van der Waals surface area (Å²) < 4.78 is 11.9. The summed E-state index contributed by atoms with van der Waals surface area (Å²) in [5.41, 5.74) is 6.24. The Morgan fingerprint density at radius 2 is 2.13 bits per heavy atom. The zero-order valence-corrected chi connectivity index (χ0v) is 10.4. The van der Waals surface area contributed by atoms with E-state index in [1.54, 1.807) is 18.2 Å². The first kappa shape index (κ1) is 12.5. The Kier molecular flexibility index (Phi) is 5.12. The molecule has 1 atom stereocenters. The highest BCUT2D eigenvalue weighted by Gasteiger charge is 2.08. The van der Waals surface area contributed by atoms with Gasteiger partial charge in [0.1, 0.15) is 0 Å². The zero-order valence-electron chi connectivity index (χ0n) is 8.83. The smallest absolute Gasteiger partial charge is 0.0594 e. The molecule has 0 aliphatic heterocycles. The van der Waals surface area contributed by atoms with Crippen molar-refractivity contribution in [1.82, 2.24) is 0 Å². The van der Waals surface area contributed by atoms with Crippen molar-refractivity contribution in [2.24, 2.45) is 0 Å². The third kappa shape index (κ3) is 3.84. The largest absolute Gasteiger partial charge is 0.399 e. The minimum atomic E-state index is -1.02. The summed E-state index contributed by atoms with van der Waals surface area (Å²) in [4.78, 5) is 0.660. The molecule has 4 heteroatoms. The second kappa shape index (κ2) is 6.13. The maximum absolute atomic E-state index is 11.9. The Morgan fingerprint density at radius 3 is 2.80 bits per heavy atom. The predicted octanol–water partition coefficient (Wildman–Crippen LogP) is 3.22. The Morgan fingerprint density at radius 1 is 1.40 bits per heavy atom. The van der Waals surface area contributed by atoms with Crippen LogP contribution in [0, 0.1) is 0 Å². The summed E-state index contributed by atoms with van der Waals surface area (Å²) in [7, 11) is -1.02. The highest BCUT2D eigenvalue weighted by atomic mass is 35.5. The first-order chi connectivity index (χ1) is 7.15. The zero-order chi connectivity index (χ0) is 11.3. The standard InChI is InChI=1S/C11H16ClNOS/c1-2-3-4-7-15(14)11-8-9(13)5-6-10(11)12/h5-6,8H,2-4,7,13H2,1H3. The van der Waals surface area contributed by atoms with Gasteiger partial charge in [0, 0.05) is 11.4 Å². The molecule has 1 aromatic carbocycles. The third-order valence-corrected chi connectivity index (χ3v) is 4.06. The molecule has 0 fully saturated rings. The Labute approximate surface area is 98.3 Å². The van der Waals surface area contributed by atoms with Gasteiger partial charge >= 0.3 is 0 Å². The fourth-order valence-electron chi connectivity index (χ4n) is 1.29. The maximum Gasteiger partial charge on any atom is 0.0594 e. The topological polar surface area (TPSA) is 43.1 Å². The first-order valence-electron chi connectivity index (χ1n) is 5.08. The molecule has 0 saturated heterocycles. The highest BCUT2D eigenvalue weighted by molar-refractivity contribution is 7.85. The molecule has 0 aromatic heterocycles. The maximum atomic E-state index is 11.9. The summed E-state index contributed by atoms with van der Waals surface area (Å²) >= 11 is 5.96. The van der Waals surface area contributed by atoms with Gasteiger partial charge in [-0.15, -0.1) is 0 Å². The second-order valence-electron chi connectivity index (χ2n) is 3.45. The van der Waals surface area contributed by atoms with Gasteiger partial charge in [-0.2, -0.15) is 0 Å². The number of nitrogen functional groups attached to an aromatic ring is 1. The van der Waals surface area contributed by atoms with E-state index in [-0.39, 0.29) is 0 Å². The molecule has 0 spiro atoms. The summed E-state index contributed by atoms with van der Waals surface area (Å²) in [5, 5.41) is 0.541. The molecule has 0 saturated carbocycles. The molecule has 0 bridgehead atoms. The molecule has 0 aliphatic carbocycles. The number of unbranched alkanes of at least 4 members (excludes halogenated alkanes) is 2. The molecule has 1 unspecified atom stereocenters. The van der Waals surface area contributed by atoms with Crippen LogP contribution in [0.25, 0.3) is 0 Å². The van der Waals surface area contributed by atoms with E-state index in [2.05, 4.69) is 6.92 Å². The van der Waals surface area contributed by atoms with Crippen LogP contribution in [0.3, 0.4) is 0 Å². The summed E-state index contributed by atoms with van der Waals surface area (Å²) in [6.07, 6.45) is 3.20. The summed E-state index contributed by atoms with van der Waals surface area (Å²) in [5.74, 6) is 0.664. The molecule has 0 aliphatic rings. The lowest BCUT2D eigenvalue weighted by Crippen LogP contribution is -2.00. The van der Waals surface area contributed by atoms with E-state index >= 15 is 0 Å². The predicted molar refractivity (Wildman–Crippen MR) is 66.7 cm³/mol. The van der Waals surface area contributed by atoms with Crippen molar-refractivity contribution in [2.45, 2.75) is 31.1 Å². The molecule has 2 N–H and O–H groups in total. The van der Waals surface area contributed by atoms with Gasteiger partial charge in [-0.3, -0.25) is 4.21 Å². The van der Waals surface area contributed by atoms with Crippen molar-refractivity contribution >= 4 is 28.1 Å². The van der Waals surface area contributed by atoms with Crippen molar-refractivity contribution in [3.63, 3.8) is 0 Å². The van der Waals surface area contributed by atoms with E-state index in [9.17, 15) is 4.21 Å². The average Bonchev–Trinajstić information content (AvgIpc) is 2.22. The van der Waals surface area contributed by atoms with Gasteiger partial charge in [0.2, 0.25) is 0 Å². The van der Waals surface area contributed by atoms with E-state index in [1.807, 2.05) is 0 Å². The van der Waals surface area contributed by atoms with Gasteiger partial charge in [-0.05, 0) is 24.6 Å². The Hall–Kier alpha value is -0.540. The fourth-order valence-corrected chi connectivity index (χ4v) is 2.90. The van der Waals surface area contributed by atoms with E-state index in [1.165, 1.54) is 0 Å². The van der Waals surface area contributed by atoms with Crippen LogP contribution in [-0.4, -0.2) is 9.96 Å². The van der Waals surface area contributed by atoms with Crippen LogP contribution in [0.2, 0.25) is 5.02 Å². The number of anilines is 1. The molecule has 84 valence electrons. The molecule has 0 heterocycles. The number of benzene rings is 1. The third-order valence-electron chi connectivity index (χ3n) is 2.13. The molecular formula is C11H16ClNOS. The van der Waals surface area contributed by atoms with Crippen molar-refractivity contribution in [1.29, 1.82) is 0 Å².